The van der Waals surface area contributed by atoms with Crippen LogP contribution in [0.4, 0.5) is 13.7 Å². The number of nitrogens with zero attached hydrogens (tertiary/aromatic N) is 3. The number of aliphatic hydroxyl groups excluding tert-OH is 1. The SMILES string of the molecule is CC1(C(N)=O)C(OCc2ccccc2)N(F)SC1(F)NC(=O)NCCCCCCN1CCN(CCO)CC1. The Labute approximate surface area is 227 Å². The van der Waals surface area contributed by atoms with Crippen LogP contribution in [0.5, 0.6) is 0 Å². The van der Waals surface area contributed by atoms with E-state index >= 15 is 4.39 Å². The van der Waals surface area contributed by atoms with Crippen LogP contribution in [0.1, 0.15) is 38.2 Å². The summed E-state index contributed by atoms with van der Waals surface area (Å²) in [6.07, 6.45) is 2.00. The van der Waals surface area contributed by atoms with Crippen molar-refractivity contribution < 1.29 is 28.3 Å². The van der Waals surface area contributed by atoms with Gasteiger partial charge in [-0.3, -0.25) is 15.0 Å². The fourth-order valence-corrected chi connectivity index (χ4v) is 5.75. The first-order valence-corrected chi connectivity index (χ1v) is 13.9. The highest BCUT2D eigenvalue weighted by Gasteiger charge is 2.69. The number of β-amino-alcohol motifs (C(OH)–C–C–N with tert-alkyl or cyclic N) is 1. The third-order valence-corrected chi connectivity index (χ3v) is 8.31. The smallest absolute Gasteiger partial charge is 0.317 e. The maximum absolute atomic E-state index is 15.9. The van der Waals surface area contributed by atoms with E-state index in [-0.39, 0.29) is 29.7 Å². The van der Waals surface area contributed by atoms with Crippen molar-refractivity contribution in [3.8, 4) is 0 Å². The number of nitrogens with one attached hydrogen (secondary N) is 2. The van der Waals surface area contributed by atoms with Gasteiger partial charge in [-0.15, -0.1) is 4.48 Å². The minimum Gasteiger partial charge on any atom is -0.395 e. The zero-order valence-electron chi connectivity index (χ0n) is 21.9. The molecule has 0 bridgehead atoms. The van der Waals surface area contributed by atoms with Gasteiger partial charge in [0.25, 0.3) is 5.12 Å². The fraction of sp³-hybridized carbons (Fsp3) is 0.680. The van der Waals surface area contributed by atoms with Crippen LogP contribution in [0.2, 0.25) is 0 Å². The molecule has 5 N–H and O–H groups in total. The van der Waals surface area contributed by atoms with Crippen LogP contribution in [0, 0.1) is 5.41 Å². The van der Waals surface area contributed by atoms with E-state index in [1.54, 1.807) is 24.3 Å². The van der Waals surface area contributed by atoms with Gasteiger partial charge in [-0.25, -0.2) is 9.18 Å². The Bertz CT molecular complexity index is 898. The summed E-state index contributed by atoms with van der Waals surface area (Å²) in [6, 6.07) is 8.00. The lowest BCUT2D eigenvalue weighted by molar-refractivity contribution is -0.176. The lowest BCUT2D eigenvalue weighted by atomic mass is 9.85. The summed E-state index contributed by atoms with van der Waals surface area (Å²) < 4.78 is 36.2. The number of alkyl halides is 1. The topological polar surface area (TPSA) is 123 Å². The molecule has 0 radical (unpaired) electrons. The molecule has 13 heteroatoms. The minimum absolute atomic E-state index is 0.0134. The number of hydrogen-bond acceptors (Lipinski definition) is 8. The number of carbonyl (C=O) groups excluding carboxylic acids is 2. The van der Waals surface area contributed by atoms with Crippen molar-refractivity contribution in [2.45, 2.75) is 50.6 Å². The Morgan fingerprint density at radius 1 is 1.11 bits per heavy atom. The summed E-state index contributed by atoms with van der Waals surface area (Å²) in [5.41, 5.74) is 4.01. The van der Waals surface area contributed by atoms with Crippen molar-refractivity contribution in [3.63, 3.8) is 0 Å². The Morgan fingerprint density at radius 2 is 1.74 bits per heavy atom. The number of halogens is 2. The van der Waals surface area contributed by atoms with Gasteiger partial charge in [-0.1, -0.05) is 47.7 Å². The van der Waals surface area contributed by atoms with Crippen molar-refractivity contribution in [1.82, 2.24) is 25.0 Å². The second kappa shape index (κ2) is 14.4. The van der Waals surface area contributed by atoms with E-state index < -0.39 is 28.7 Å². The van der Waals surface area contributed by atoms with Gasteiger partial charge in [0.15, 0.2) is 11.6 Å². The van der Waals surface area contributed by atoms with Gasteiger partial charge in [-0.2, -0.15) is 0 Å². The van der Waals surface area contributed by atoms with Gasteiger partial charge in [0, 0.05) is 51.2 Å². The standard InChI is InChI=1S/C25H40F2N6O4S/c1-24(21(28)35)22(37-19-20-9-5-4-6-10-20)33(27)38-25(24,26)30-23(36)29-11-7-2-3-8-12-31-13-15-32(16-14-31)17-18-34/h4-6,9-10,22,34H,2-3,7-8,11-19H2,1H3,(H2,28,35)(H2,29,30,36). The van der Waals surface area contributed by atoms with Crippen LogP contribution in [-0.4, -0.2) is 95.1 Å². The molecule has 3 rings (SSSR count). The number of carbonyl (C=O) groups is 2. The molecule has 10 nitrogen and oxygen atoms in total. The summed E-state index contributed by atoms with van der Waals surface area (Å²) in [6.45, 7) is 7.28. The molecule has 2 fully saturated rings. The molecule has 214 valence electrons. The number of unbranched alkanes of at least 4 members (excludes halogenated alkanes) is 3. The van der Waals surface area contributed by atoms with E-state index in [1.165, 1.54) is 0 Å². The quantitative estimate of drug-likeness (QED) is 0.118. The van der Waals surface area contributed by atoms with Gasteiger partial charge in [-0.05, 0) is 31.9 Å². The molecule has 2 heterocycles. The zero-order chi connectivity index (χ0) is 27.6. The summed E-state index contributed by atoms with van der Waals surface area (Å²) >= 11 is 0.0234. The number of primary amides is 1. The Hall–Kier alpha value is -2.03. The summed E-state index contributed by atoms with van der Waals surface area (Å²) in [5, 5.41) is 10.9. The van der Waals surface area contributed by atoms with Crippen molar-refractivity contribution in [1.29, 1.82) is 0 Å². The van der Waals surface area contributed by atoms with Gasteiger partial charge >= 0.3 is 6.03 Å². The van der Waals surface area contributed by atoms with E-state index in [1.807, 2.05) is 6.07 Å². The number of nitrogens with two attached hydrogens (primary N) is 1. The lowest BCUT2D eigenvalue weighted by Gasteiger charge is -2.35. The number of urea groups is 1. The molecule has 3 unspecified atom stereocenters. The summed E-state index contributed by atoms with van der Waals surface area (Å²) in [7, 11) is 0. The van der Waals surface area contributed by atoms with Crippen LogP contribution >= 0.6 is 11.9 Å². The molecule has 38 heavy (non-hydrogen) atoms. The van der Waals surface area contributed by atoms with E-state index in [9.17, 15) is 14.1 Å². The van der Waals surface area contributed by atoms with E-state index in [0.29, 0.717) is 18.5 Å². The maximum Gasteiger partial charge on any atom is 0.317 e. The molecule has 2 saturated heterocycles. The molecule has 1 aromatic carbocycles. The first-order chi connectivity index (χ1) is 18.2. The molecule has 3 amide bonds. The molecule has 0 aliphatic carbocycles. The largest absolute Gasteiger partial charge is 0.395 e. The average molecular weight is 559 g/mol. The molecule has 1 aromatic rings. The van der Waals surface area contributed by atoms with Gasteiger partial charge in [0.05, 0.1) is 13.2 Å². The highest BCUT2D eigenvalue weighted by atomic mass is 32.2. The molecule has 0 aromatic heterocycles. The normalized spacial score (nSPS) is 26.9. The molecule has 2 aliphatic heterocycles. The molecular formula is C25H40F2N6O4S. The molecule has 0 spiro atoms. The summed E-state index contributed by atoms with van der Waals surface area (Å²) in [4.78, 5) is 29.4. The zero-order valence-corrected chi connectivity index (χ0v) is 22.7. The maximum atomic E-state index is 15.9. The minimum atomic E-state index is -2.85. The highest BCUT2D eigenvalue weighted by Crippen LogP contribution is 2.55. The molecular weight excluding hydrogens is 518 g/mol. The van der Waals surface area contributed by atoms with E-state index in [4.69, 9.17) is 15.6 Å². The van der Waals surface area contributed by atoms with Crippen LogP contribution < -0.4 is 16.4 Å². The van der Waals surface area contributed by atoms with Crippen LogP contribution in [0.25, 0.3) is 0 Å². The van der Waals surface area contributed by atoms with Gasteiger partial charge in [0.2, 0.25) is 5.91 Å². The number of rotatable bonds is 14. The van der Waals surface area contributed by atoms with Crippen molar-refractivity contribution in [2.24, 2.45) is 11.1 Å². The average Bonchev–Trinajstić information content (AvgIpc) is 3.08. The predicted molar refractivity (Wildman–Crippen MR) is 142 cm³/mol. The van der Waals surface area contributed by atoms with Gasteiger partial charge in [0.1, 0.15) is 0 Å². The Morgan fingerprint density at radius 3 is 2.37 bits per heavy atom. The Balaban J connectivity index is 1.38. The van der Waals surface area contributed by atoms with E-state index in [0.717, 1.165) is 65.5 Å². The molecule has 3 atom stereocenters. The Kier molecular flexibility index (Phi) is 11.5. The number of ether oxygens (including phenoxy) is 1. The number of amides is 3. The number of benzene rings is 1. The van der Waals surface area contributed by atoms with Crippen LogP contribution in [0.15, 0.2) is 30.3 Å². The van der Waals surface area contributed by atoms with Crippen molar-refractivity contribution >= 4 is 23.9 Å². The monoisotopic (exact) mass is 558 g/mol. The second-order valence-corrected chi connectivity index (χ2v) is 11.0. The first kappa shape index (κ1) is 30.5. The summed E-state index contributed by atoms with van der Waals surface area (Å²) in [5.74, 6) is -1.14. The number of aliphatic hydroxyl groups is 1. The van der Waals surface area contributed by atoms with Crippen LogP contribution in [-0.2, 0) is 16.1 Å². The third kappa shape index (κ3) is 7.76. The van der Waals surface area contributed by atoms with E-state index in [2.05, 4.69) is 20.4 Å². The number of hydrogen-bond donors (Lipinski definition) is 4. The molecule has 0 saturated carbocycles. The lowest BCUT2D eigenvalue weighted by Crippen LogP contribution is -2.62. The first-order valence-electron chi connectivity index (χ1n) is 13.1. The third-order valence-electron chi connectivity index (χ3n) is 7.16. The van der Waals surface area contributed by atoms with Crippen LogP contribution in [0.3, 0.4) is 0 Å². The molecule has 2 aliphatic rings. The second-order valence-electron chi connectivity index (χ2n) is 9.88. The van der Waals surface area contributed by atoms with Gasteiger partial charge < -0.3 is 25.8 Å². The highest BCUT2D eigenvalue weighted by molar-refractivity contribution is 7.98. The number of piperazine rings is 1. The van der Waals surface area contributed by atoms with Crippen molar-refractivity contribution in [2.75, 3.05) is 52.4 Å². The van der Waals surface area contributed by atoms with Crippen molar-refractivity contribution in [3.05, 3.63) is 35.9 Å². The predicted octanol–water partition coefficient (Wildman–Crippen LogP) is 1.96. The fourth-order valence-electron chi connectivity index (χ4n) is 4.62.